The zero-order chi connectivity index (χ0) is 9.84. The van der Waals surface area contributed by atoms with Crippen molar-refractivity contribution < 1.29 is 9.53 Å². The Hall–Kier alpha value is -1.29. The third-order valence-electron chi connectivity index (χ3n) is 1.52. The van der Waals surface area contributed by atoms with Crippen LogP contribution in [0.25, 0.3) is 0 Å². The fraction of sp³-hybridized carbons (Fsp3) is 0.250. The van der Waals surface area contributed by atoms with Gasteiger partial charge in [-0.25, -0.2) is 4.79 Å². The number of alkyl halides is 1. The molecule has 0 aliphatic rings. The van der Waals surface area contributed by atoms with Crippen LogP contribution in [0.2, 0.25) is 0 Å². The first-order valence-corrected chi connectivity index (χ1v) is 4.08. The van der Waals surface area contributed by atoms with Crippen LogP contribution >= 0.6 is 11.6 Å². The summed E-state index contributed by atoms with van der Waals surface area (Å²) in [5.41, 5.74) is 0.169. The summed E-state index contributed by atoms with van der Waals surface area (Å²) in [5, 5.41) is 0. The normalized spacial score (nSPS) is 9.69. The highest BCUT2D eigenvalue weighted by Gasteiger charge is 2.10. The number of rotatable bonds is 2. The van der Waals surface area contributed by atoms with Crippen LogP contribution in [-0.2, 0) is 10.6 Å². The molecule has 0 aliphatic carbocycles. The molecule has 0 spiro atoms. The standard InChI is InChI=1S/C8H8ClNO3/c1-13-8(12)6-2-5(3-9)4-10-7(6)11/h2,4H,3H2,1H3,(H,10,11). The van der Waals surface area contributed by atoms with Crippen LogP contribution < -0.4 is 5.56 Å². The summed E-state index contributed by atoms with van der Waals surface area (Å²) in [4.78, 5) is 24.5. The Kier molecular flexibility index (Phi) is 3.08. The summed E-state index contributed by atoms with van der Waals surface area (Å²) in [6.07, 6.45) is 1.46. The maximum atomic E-state index is 11.1. The largest absolute Gasteiger partial charge is 0.465 e. The second-order valence-corrected chi connectivity index (χ2v) is 2.64. The number of aromatic amines is 1. The first kappa shape index (κ1) is 9.80. The summed E-state index contributed by atoms with van der Waals surface area (Å²) < 4.78 is 4.41. The van der Waals surface area contributed by atoms with Crippen LogP contribution in [0.1, 0.15) is 15.9 Å². The van der Waals surface area contributed by atoms with Gasteiger partial charge in [-0.05, 0) is 11.6 Å². The van der Waals surface area contributed by atoms with Crippen molar-refractivity contribution in [3.63, 3.8) is 0 Å². The van der Waals surface area contributed by atoms with Gasteiger partial charge in [0, 0.05) is 12.1 Å². The molecule has 1 aromatic rings. The van der Waals surface area contributed by atoms with Gasteiger partial charge < -0.3 is 9.72 Å². The molecule has 0 fully saturated rings. The predicted octanol–water partition coefficient (Wildman–Crippen LogP) is 0.900. The minimum atomic E-state index is -0.659. The van der Waals surface area contributed by atoms with E-state index in [1.165, 1.54) is 19.4 Å². The molecule has 1 aromatic heterocycles. The number of pyridine rings is 1. The van der Waals surface area contributed by atoms with Crippen LogP contribution in [0.15, 0.2) is 17.1 Å². The Labute approximate surface area is 79.5 Å². The van der Waals surface area contributed by atoms with Gasteiger partial charge in [0.1, 0.15) is 5.56 Å². The van der Waals surface area contributed by atoms with E-state index in [0.717, 1.165) is 0 Å². The third-order valence-corrected chi connectivity index (χ3v) is 1.83. The van der Waals surface area contributed by atoms with E-state index >= 15 is 0 Å². The Bertz CT molecular complexity index is 372. The monoisotopic (exact) mass is 201 g/mol. The Morgan fingerprint density at radius 2 is 2.38 bits per heavy atom. The van der Waals surface area contributed by atoms with Crippen molar-refractivity contribution in [2.75, 3.05) is 7.11 Å². The molecule has 0 atom stereocenters. The number of halogens is 1. The zero-order valence-electron chi connectivity index (χ0n) is 6.96. The molecule has 0 aromatic carbocycles. The highest BCUT2D eigenvalue weighted by Crippen LogP contribution is 2.02. The fourth-order valence-electron chi connectivity index (χ4n) is 0.867. The van der Waals surface area contributed by atoms with Gasteiger partial charge in [-0.3, -0.25) is 4.79 Å². The van der Waals surface area contributed by atoms with Crippen LogP contribution in [0.3, 0.4) is 0 Å². The highest BCUT2D eigenvalue weighted by molar-refractivity contribution is 6.17. The maximum Gasteiger partial charge on any atom is 0.343 e. The predicted molar refractivity (Wildman–Crippen MR) is 48.0 cm³/mol. The molecule has 1 N–H and O–H groups in total. The van der Waals surface area contributed by atoms with E-state index in [4.69, 9.17) is 11.6 Å². The van der Waals surface area contributed by atoms with Gasteiger partial charge in [-0.1, -0.05) is 0 Å². The van der Waals surface area contributed by atoms with Crippen molar-refractivity contribution in [1.82, 2.24) is 4.98 Å². The van der Waals surface area contributed by atoms with E-state index in [9.17, 15) is 9.59 Å². The summed E-state index contributed by atoms with van der Waals surface area (Å²) >= 11 is 5.52. The Morgan fingerprint density at radius 1 is 1.69 bits per heavy atom. The molecule has 13 heavy (non-hydrogen) atoms. The number of carbonyl (C=O) groups is 1. The van der Waals surface area contributed by atoms with E-state index in [2.05, 4.69) is 9.72 Å². The molecule has 4 nitrogen and oxygen atoms in total. The average molecular weight is 202 g/mol. The van der Waals surface area contributed by atoms with Gasteiger partial charge in [-0.2, -0.15) is 0 Å². The first-order valence-electron chi connectivity index (χ1n) is 3.55. The number of ether oxygens (including phenoxy) is 1. The lowest BCUT2D eigenvalue weighted by atomic mass is 10.2. The molecule has 0 bridgehead atoms. The van der Waals surface area contributed by atoms with Gasteiger partial charge in [0.25, 0.3) is 5.56 Å². The van der Waals surface area contributed by atoms with E-state index < -0.39 is 11.5 Å². The molecule has 0 amide bonds. The number of hydrogen-bond donors (Lipinski definition) is 1. The molecule has 0 unspecified atom stereocenters. The lowest BCUT2D eigenvalue weighted by molar-refractivity contribution is 0.0598. The third kappa shape index (κ3) is 2.09. The molecule has 0 saturated heterocycles. The molecule has 1 heterocycles. The molecule has 5 heteroatoms. The van der Waals surface area contributed by atoms with Crippen LogP contribution in [-0.4, -0.2) is 18.1 Å². The van der Waals surface area contributed by atoms with Crippen LogP contribution in [0, 0.1) is 0 Å². The van der Waals surface area contributed by atoms with Crippen molar-refractivity contribution in [3.8, 4) is 0 Å². The number of esters is 1. The van der Waals surface area contributed by atoms with Gasteiger partial charge in [0.15, 0.2) is 0 Å². The van der Waals surface area contributed by atoms with Gasteiger partial charge in [0.05, 0.1) is 7.11 Å². The van der Waals surface area contributed by atoms with Crippen molar-refractivity contribution in [2.24, 2.45) is 0 Å². The average Bonchev–Trinajstić information content (AvgIpc) is 2.17. The second-order valence-electron chi connectivity index (χ2n) is 2.38. The van der Waals surface area contributed by atoms with Crippen LogP contribution in [0.5, 0.6) is 0 Å². The van der Waals surface area contributed by atoms with Crippen molar-refractivity contribution in [1.29, 1.82) is 0 Å². The van der Waals surface area contributed by atoms with E-state index in [1.807, 2.05) is 0 Å². The number of carbonyl (C=O) groups excluding carboxylic acids is 1. The lowest BCUT2D eigenvalue weighted by Crippen LogP contribution is -2.18. The summed E-state index contributed by atoms with van der Waals surface area (Å²) in [5.74, 6) is -0.422. The molecule has 1 rings (SSSR count). The number of nitrogens with one attached hydrogen (secondary N) is 1. The SMILES string of the molecule is COC(=O)c1cc(CCl)c[nH]c1=O. The minimum absolute atomic E-state index is 0.0272. The number of H-pyrrole nitrogens is 1. The smallest absolute Gasteiger partial charge is 0.343 e. The van der Waals surface area contributed by atoms with Crippen LogP contribution in [0.4, 0.5) is 0 Å². The molecule has 0 saturated carbocycles. The molecular weight excluding hydrogens is 194 g/mol. The van der Waals surface area contributed by atoms with Crippen molar-refractivity contribution >= 4 is 17.6 Å². The van der Waals surface area contributed by atoms with Gasteiger partial charge >= 0.3 is 5.97 Å². The number of hydrogen-bond acceptors (Lipinski definition) is 3. The van der Waals surface area contributed by atoms with Gasteiger partial charge in [-0.15, -0.1) is 11.6 Å². The molecule has 0 radical (unpaired) electrons. The minimum Gasteiger partial charge on any atom is -0.465 e. The van der Waals surface area contributed by atoms with Crippen molar-refractivity contribution in [2.45, 2.75) is 5.88 Å². The Balaban J connectivity index is 3.19. The molecule has 0 aliphatic heterocycles. The summed E-state index contributed by atoms with van der Waals surface area (Å²) in [6.45, 7) is 0. The first-order chi connectivity index (χ1) is 6.19. The molecule has 70 valence electrons. The van der Waals surface area contributed by atoms with E-state index in [0.29, 0.717) is 5.56 Å². The number of aromatic nitrogens is 1. The lowest BCUT2D eigenvalue weighted by Gasteiger charge is -1.99. The zero-order valence-corrected chi connectivity index (χ0v) is 7.72. The maximum absolute atomic E-state index is 11.1. The fourth-order valence-corrected chi connectivity index (χ4v) is 1.02. The quantitative estimate of drug-likeness (QED) is 0.571. The van der Waals surface area contributed by atoms with Gasteiger partial charge in [0.2, 0.25) is 0 Å². The summed E-state index contributed by atoms with van der Waals surface area (Å²) in [7, 11) is 1.22. The highest BCUT2D eigenvalue weighted by atomic mass is 35.5. The van der Waals surface area contributed by atoms with Crippen molar-refractivity contribution in [3.05, 3.63) is 33.7 Å². The second kappa shape index (κ2) is 4.09. The van der Waals surface area contributed by atoms with E-state index in [-0.39, 0.29) is 11.4 Å². The number of methoxy groups -OCH3 is 1. The Morgan fingerprint density at radius 3 is 2.92 bits per heavy atom. The van der Waals surface area contributed by atoms with E-state index in [1.54, 1.807) is 0 Å². The molecular formula is C8H8ClNO3. The topological polar surface area (TPSA) is 59.2 Å². The summed E-state index contributed by atoms with van der Waals surface area (Å²) in [6, 6.07) is 1.41.